The van der Waals surface area contributed by atoms with Gasteiger partial charge in [-0.2, -0.15) is 0 Å². The lowest BCUT2D eigenvalue weighted by atomic mass is 9.98. The highest BCUT2D eigenvalue weighted by atomic mass is 15.1. The van der Waals surface area contributed by atoms with Crippen LogP contribution in [-0.2, 0) is 0 Å². The molecule has 1 heteroatoms. The Hall–Kier alpha value is -6.96. The molecular formula is C52H37N. The average Bonchev–Trinajstić information content (AvgIpc) is 3.30. The lowest BCUT2D eigenvalue weighted by Crippen LogP contribution is -2.10. The Kier molecular flexibility index (Phi) is 6.57. The van der Waals surface area contributed by atoms with Crippen LogP contribution in [0.25, 0.3) is 66.4 Å². The van der Waals surface area contributed by atoms with Crippen LogP contribution < -0.4 is 4.90 Å². The van der Waals surface area contributed by atoms with Crippen LogP contribution in [-0.4, -0.2) is 0 Å². The van der Waals surface area contributed by atoms with E-state index in [0.717, 1.165) is 44.2 Å². The van der Waals surface area contributed by atoms with Gasteiger partial charge in [-0.15, -0.1) is 0 Å². The molecule has 0 fully saturated rings. The first kappa shape index (κ1) is 24.3. The van der Waals surface area contributed by atoms with E-state index in [2.05, 4.69) is 18.2 Å². The fraction of sp³-hybridized carbons (Fsp3) is 0. The molecule has 0 aliphatic carbocycles. The summed E-state index contributed by atoms with van der Waals surface area (Å²) < 4.78 is 75.1. The van der Waals surface area contributed by atoms with Crippen molar-refractivity contribution in [2.45, 2.75) is 0 Å². The zero-order valence-corrected chi connectivity index (χ0v) is 28.7. The van der Waals surface area contributed by atoms with Gasteiger partial charge < -0.3 is 4.90 Å². The molecule has 9 aromatic rings. The van der Waals surface area contributed by atoms with Crippen LogP contribution in [0.2, 0.25) is 0 Å². The molecule has 1 nitrogen and oxygen atoms in total. The number of benzene rings is 9. The van der Waals surface area contributed by atoms with Gasteiger partial charge in [0.15, 0.2) is 0 Å². The first-order valence-electron chi connectivity index (χ1n) is 21.5. The third-order valence-electron chi connectivity index (χ3n) is 9.40. The Morgan fingerprint density at radius 1 is 0.283 bits per heavy atom. The van der Waals surface area contributed by atoms with Gasteiger partial charge in [0.1, 0.15) is 0 Å². The number of hydrogen-bond acceptors (Lipinski definition) is 1. The maximum absolute atomic E-state index is 9.73. The van der Waals surface area contributed by atoms with Crippen LogP contribution in [0.5, 0.6) is 0 Å². The molecular weight excluding hydrogens is 639 g/mol. The Labute approximate surface area is 323 Å². The van der Waals surface area contributed by atoms with E-state index in [-0.39, 0.29) is 58.8 Å². The maximum Gasteiger partial charge on any atom is 0.0651 e. The fourth-order valence-electron chi connectivity index (χ4n) is 6.66. The molecule has 0 atom stereocenters. The van der Waals surface area contributed by atoms with Crippen LogP contribution in [0.1, 0.15) is 11.0 Å². The third-order valence-corrected chi connectivity index (χ3v) is 9.40. The van der Waals surface area contributed by atoms with E-state index in [9.17, 15) is 8.22 Å². The number of fused-ring (bicyclic) bond motifs is 1. The maximum atomic E-state index is 9.73. The zero-order chi connectivity index (χ0) is 42.4. The zero-order valence-electron chi connectivity index (χ0n) is 36.7. The highest BCUT2D eigenvalue weighted by Gasteiger charge is 2.15. The largest absolute Gasteiger partial charge is 0.310 e. The van der Waals surface area contributed by atoms with Crippen molar-refractivity contribution in [3.8, 4) is 55.6 Å². The summed E-state index contributed by atoms with van der Waals surface area (Å²) in [5.41, 5.74) is 6.99. The lowest BCUT2D eigenvalue weighted by molar-refractivity contribution is 1.28. The smallest absolute Gasteiger partial charge is 0.0651 e. The Balaban J connectivity index is 1.25. The third kappa shape index (κ3) is 6.77. The lowest BCUT2D eigenvalue weighted by Gasteiger charge is -2.26. The summed E-state index contributed by atoms with van der Waals surface area (Å²) in [6.45, 7) is 0. The summed E-state index contributed by atoms with van der Waals surface area (Å²) in [4.78, 5) is 1.39. The molecule has 0 aliphatic rings. The van der Waals surface area contributed by atoms with Crippen molar-refractivity contribution in [1.29, 1.82) is 0 Å². The Morgan fingerprint density at radius 2 is 0.774 bits per heavy atom. The van der Waals surface area contributed by atoms with Crippen molar-refractivity contribution in [2.75, 3.05) is 4.90 Å². The molecule has 0 N–H and O–H groups in total. The minimum Gasteiger partial charge on any atom is -0.310 e. The van der Waals surface area contributed by atoms with Gasteiger partial charge in [-0.1, -0.05) is 170 Å². The van der Waals surface area contributed by atoms with Crippen LogP contribution in [0, 0.1) is 0 Å². The Bertz CT molecular complexity index is 3080. The first-order chi connectivity index (χ1) is 29.6. The first-order valence-corrected chi connectivity index (χ1v) is 17.5. The summed E-state index contributed by atoms with van der Waals surface area (Å²) in [5, 5.41) is 1.83. The van der Waals surface area contributed by atoms with E-state index in [0.29, 0.717) is 16.8 Å². The van der Waals surface area contributed by atoms with Gasteiger partial charge in [0.25, 0.3) is 0 Å². The minimum absolute atomic E-state index is 0.113. The van der Waals surface area contributed by atoms with Gasteiger partial charge in [0.05, 0.1) is 11.0 Å². The molecule has 53 heavy (non-hydrogen) atoms. The van der Waals surface area contributed by atoms with Crippen LogP contribution in [0.4, 0.5) is 17.1 Å². The number of anilines is 3. The monoisotopic (exact) mass is 683 g/mol. The van der Waals surface area contributed by atoms with E-state index in [4.69, 9.17) is 2.74 Å². The van der Waals surface area contributed by atoms with E-state index in [1.54, 1.807) is 24.3 Å². The average molecular weight is 684 g/mol. The van der Waals surface area contributed by atoms with E-state index in [1.165, 1.54) is 4.90 Å². The second kappa shape index (κ2) is 14.3. The van der Waals surface area contributed by atoms with Gasteiger partial charge in [-0.05, 0) is 121 Å². The van der Waals surface area contributed by atoms with Crippen molar-refractivity contribution in [3.63, 3.8) is 0 Å². The number of nitrogens with zero attached hydrogens (tertiary/aromatic N) is 1. The quantitative estimate of drug-likeness (QED) is 0.154. The molecule has 0 amide bonds. The van der Waals surface area contributed by atoms with Crippen LogP contribution in [0.15, 0.2) is 224 Å². The molecule has 0 spiro atoms. The molecule has 0 heterocycles. The van der Waals surface area contributed by atoms with Crippen molar-refractivity contribution in [2.24, 2.45) is 0 Å². The summed E-state index contributed by atoms with van der Waals surface area (Å²) in [6, 6.07) is 53.0. The second-order valence-corrected chi connectivity index (χ2v) is 12.8. The second-order valence-electron chi connectivity index (χ2n) is 12.8. The molecule has 9 aromatic carbocycles. The van der Waals surface area contributed by atoms with E-state index in [1.807, 2.05) is 133 Å². The van der Waals surface area contributed by atoms with Crippen molar-refractivity contribution in [3.05, 3.63) is 224 Å². The molecule has 0 saturated carbocycles. The van der Waals surface area contributed by atoms with Crippen molar-refractivity contribution in [1.82, 2.24) is 0 Å². The minimum atomic E-state index is -0.448. The highest BCUT2D eigenvalue weighted by molar-refractivity contribution is 5.89. The van der Waals surface area contributed by atoms with E-state index < -0.39 is 12.1 Å². The predicted octanol–water partition coefficient (Wildman–Crippen LogP) is 14.6. The van der Waals surface area contributed by atoms with E-state index >= 15 is 0 Å². The van der Waals surface area contributed by atoms with Gasteiger partial charge in [0.2, 0.25) is 0 Å². The molecule has 0 bridgehead atoms. The van der Waals surface area contributed by atoms with Crippen molar-refractivity contribution >= 4 is 27.8 Å². The van der Waals surface area contributed by atoms with Crippen LogP contribution >= 0.6 is 0 Å². The standard InChI is InChI=1S/C52H37N/c1-3-12-38(13-4-1)44-18-9-20-46(34-44)41-26-30-50(31-27-41)53(52-23-11-22-48(37-52)49-25-24-40-16-7-8-17-43(40)36-49)51-32-28-42(29-33-51)47-21-10-19-45(35-47)39-14-5-2-6-15-39/h1-37H/i11D,22D,23D,26D,27D,30D,31D,37D. The van der Waals surface area contributed by atoms with Crippen molar-refractivity contribution < 1.29 is 11.0 Å². The van der Waals surface area contributed by atoms with Crippen LogP contribution in [0.3, 0.4) is 0 Å². The van der Waals surface area contributed by atoms with Gasteiger partial charge in [0, 0.05) is 17.1 Å². The van der Waals surface area contributed by atoms with Gasteiger partial charge in [-0.3, -0.25) is 0 Å². The molecule has 9 rings (SSSR count). The topological polar surface area (TPSA) is 3.24 Å². The summed E-state index contributed by atoms with van der Waals surface area (Å²) in [7, 11) is 0. The molecule has 0 unspecified atom stereocenters. The molecule has 0 aromatic heterocycles. The van der Waals surface area contributed by atoms with Gasteiger partial charge in [-0.25, -0.2) is 0 Å². The van der Waals surface area contributed by atoms with Gasteiger partial charge >= 0.3 is 0 Å². The highest BCUT2D eigenvalue weighted by Crippen LogP contribution is 2.39. The molecule has 0 radical (unpaired) electrons. The molecule has 250 valence electrons. The summed E-state index contributed by atoms with van der Waals surface area (Å²) in [5.74, 6) is 0. The molecule has 0 saturated heterocycles. The SMILES string of the molecule is [2H]c1c([2H])c(-c2ccc3ccccc3c2)c([2H])c(N(c2ccc(-c3cccc(-c4ccccc4)c3)cc2)c2c([2H])c([2H])c(-c3cccc(-c4ccccc4)c3)c([2H])c2[2H])c1[2H]. The molecule has 0 aliphatic heterocycles. The number of rotatable bonds is 8. The summed E-state index contributed by atoms with van der Waals surface area (Å²) in [6.07, 6.45) is 0. The normalized spacial score (nSPS) is 13.1. The fourth-order valence-corrected chi connectivity index (χ4v) is 6.66. The Morgan fingerprint density at radius 3 is 1.40 bits per heavy atom. The summed E-state index contributed by atoms with van der Waals surface area (Å²) >= 11 is 0. The number of hydrogen-bond donors (Lipinski definition) is 0. The predicted molar refractivity (Wildman–Crippen MR) is 226 cm³/mol.